The number of hydrogen-bond donors (Lipinski definition) is 1. The molecule has 1 amide bonds. The Morgan fingerprint density at radius 1 is 0.854 bits per heavy atom. The summed E-state index contributed by atoms with van der Waals surface area (Å²) in [4.78, 5) is 12.7. The lowest BCUT2D eigenvalue weighted by Crippen LogP contribution is -2.34. The maximum Gasteiger partial charge on any atom is 0.262 e. The number of carbonyl (C=O) groups excluding carboxylic acids is 1. The molecule has 0 saturated carbocycles. The smallest absolute Gasteiger partial charge is 0.262 e. The molecule has 224 valence electrons. The Morgan fingerprint density at radius 3 is 2.17 bits per heavy atom. The lowest BCUT2D eigenvalue weighted by atomic mass is 10.1. The maximum absolute atomic E-state index is 12.7. The summed E-state index contributed by atoms with van der Waals surface area (Å²) in [6.07, 6.45) is 15.6. The molecule has 0 fully saturated rings. The molecule has 0 bridgehead atoms. The first-order valence-electron chi connectivity index (χ1n) is 15.3. The molecule has 0 aliphatic rings. The minimum absolute atomic E-state index is 0.120. The van der Waals surface area contributed by atoms with E-state index in [2.05, 4.69) is 40.7 Å². The second-order valence-corrected chi connectivity index (χ2v) is 11.4. The van der Waals surface area contributed by atoms with Gasteiger partial charge in [-0.2, -0.15) is 4.57 Å². The van der Waals surface area contributed by atoms with E-state index in [-0.39, 0.29) is 12.5 Å². The number of unbranched alkanes of at least 4 members (excludes halogenated alkanes) is 11. The molecule has 0 atom stereocenters. The van der Waals surface area contributed by atoms with Gasteiger partial charge in [-0.3, -0.25) is 4.79 Å². The van der Waals surface area contributed by atoms with Gasteiger partial charge in [0, 0.05) is 18.2 Å². The number of nitrogens with zero attached hydrogens (tertiary/aromatic N) is 1. The fourth-order valence-electron chi connectivity index (χ4n) is 4.83. The number of amides is 1. The SMILES string of the molecule is CCCCCCCCCCCCCCOc1c(OC)cccc1OCC(=O)Nc1cccc(C[n+]2cscc2C)c1. The van der Waals surface area contributed by atoms with Crippen molar-refractivity contribution < 1.29 is 23.6 Å². The van der Waals surface area contributed by atoms with Crippen LogP contribution in [-0.4, -0.2) is 26.2 Å². The molecule has 0 saturated heterocycles. The highest BCUT2D eigenvalue weighted by Gasteiger charge is 2.14. The van der Waals surface area contributed by atoms with Crippen LogP contribution in [-0.2, 0) is 11.3 Å². The average molecular weight is 582 g/mol. The zero-order chi connectivity index (χ0) is 29.1. The van der Waals surface area contributed by atoms with Gasteiger partial charge >= 0.3 is 0 Å². The predicted molar refractivity (Wildman–Crippen MR) is 168 cm³/mol. The molecule has 3 rings (SSSR count). The fraction of sp³-hybridized carbons (Fsp3) is 0.529. The van der Waals surface area contributed by atoms with Crippen LogP contribution >= 0.6 is 11.3 Å². The molecule has 0 unspecified atom stereocenters. The number of methoxy groups -OCH3 is 1. The third kappa shape index (κ3) is 12.1. The van der Waals surface area contributed by atoms with E-state index in [0.717, 1.165) is 30.6 Å². The van der Waals surface area contributed by atoms with Gasteiger partial charge in [-0.25, -0.2) is 0 Å². The number of benzene rings is 2. The second kappa shape index (κ2) is 19.1. The van der Waals surface area contributed by atoms with Crippen molar-refractivity contribution in [2.24, 2.45) is 0 Å². The monoisotopic (exact) mass is 581 g/mol. The van der Waals surface area contributed by atoms with Crippen LogP contribution in [0.3, 0.4) is 0 Å². The van der Waals surface area contributed by atoms with Crippen LogP contribution in [0.1, 0.15) is 95.2 Å². The van der Waals surface area contributed by atoms with Gasteiger partial charge in [0.05, 0.1) is 19.1 Å². The summed E-state index contributed by atoms with van der Waals surface area (Å²) < 4.78 is 19.7. The molecule has 6 nitrogen and oxygen atoms in total. The molecular formula is C34H49N2O4S+. The van der Waals surface area contributed by atoms with Gasteiger partial charge in [-0.15, -0.1) is 0 Å². The first kappa shape index (κ1) is 32.5. The number of thiazole rings is 1. The molecule has 7 heteroatoms. The summed E-state index contributed by atoms with van der Waals surface area (Å²) in [6, 6.07) is 13.4. The van der Waals surface area contributed by atoms with Crippen molar-refractivity contribution in [2.45, 2.75) is 97.4 Å². The molecule has 0 radical (unpaired) electrons. The van der Waals surface area contributed by atoms with E-state index in [1.807, 2.05) is 36.4 Å². The molecule has 0 aliphatic carbocycles. The maximum atomic E-state index is 12.7. The molecule has 0 spiro atoms. The number of nitrogens with one attached hydrogen (secondary N) is 1. The number of hydrogen-bond acceptors (Lipinski definition) is 5. The Kier molecular flexibility index (Phi) is 15.1. The Hall–Kier alpha value is -3.06. The molecular weight excluding hydrogens is 532 g/mol. The van der Waals surface area contributed by atoms with Crippen LogP contribution in [0.4, 0.5) is 5.69 Å². The predicted octanol–water partition coefficient (Wildman–Crippen LogP) is 8.50. The summed E-state index contributed by atoms with van der Waals surface area (Å²) in [5, 5.41) is 5.07. The van der Waals surface area contributed by atoms with Gasteiger partial charge in [0.25, 0.3) is 5.91 Å². The highest BCUT2D eigenvalue weighted by atomic mass is 32.1. The van der Waals surface area contributed by atoms with Crippen molar-refractivity contribution in [3.05, 3.63) is 64.6 Å². The Bertz CT molecular complexity index is 1160. The largest absolute Gasteiger partial charge is 0.493 e. The van der Waals surface area contributed by atoms with Crippen LogP contribution in [0, 0.1) is 6.92 Å². The number of para-hydroxylation sites is 1. The van der Waals surface area contributed by atoms with Crippen molar-refractivity contribution in [1.29, 1.82) is 0 Å². The van der Waals surface area contributed by atoms with Gasteiger partial charge in [0.2, 0.25) is 11.3 Å². The average Bonchev–Trinajstić information content (AvgIpc) is 3.38. The van der Waals surface area contributed by atoms with Crippen molar-refractivity contribution in [3.8, 4) is 17.2 Å². The first-order chi connectivity index (χ1) is 20.1. The summed E-state index contributed by atoms with van der Waals surface area (Å²) in [6.45, 7) is 5.60. The van der Waals surface area contributed by atoms with Crippen molar-refractivity contribution in [1.82, 2.24) is 0 Å². The van der Waals surface area contributed by atoms with E-state index in [1.165, 1.54) is 69.9 Å². The summed E-state index contributed by atoms with van der Waals surface area (Å²) in [5.41, 5.74) is 5.18. The van der Waals surface area contributed by atoms with Gasteiger partial charge in [-0.05, 0) is 30.7 Å². The van der Waals surface area contributed by atoms with E-state index in [4.69, 9.17) is 14.2 Å². The Balaban J connectivity index is 1.38. The van der Waals surface area contributed by atoms with E-state index in [9.17, 15) is 4.79 Å². The van der Waals surface area contributed by atoms with Crippen LogP contribution in [0.2, 0.25) is 0 Å². The number of aromatic nitrogens is 1. The zero-order valence-electron chi connectivity index (χ0n) is 25.3. The minimum Gasteiger partial charge on any atom is -0.493 e. The standard InChI is InChI=1S/C34H48N2O4S/c1-4-5-6-7-8-9-10-11-12-13-14-15-22-39-34-31(38-3)20-17-21-32(34)40-25-33(37)35-30-19-16-18-29(23-30)24-36-27-41-26-28(36)2/h16-21,23,26-27H,4-15,22,24-25H2,1-3H3/p+1. The summed E-state index contributed by atoms with van der Waals surface area (Å²) in [5.74, 6) is 1.44. The normalized spacial score (nSPS) is 10.9. The molecule has 0 aliphatic heterocycles. The number of rotatable bonds is 21. The van der Waals surface area contributed by atoms with Crippen molar-refractivity contribution in [2.75, 3.05) is 25.6 Å². The van der Waals surface area contributed by atoms with Gasteiger partial charge < -0.3 is 19.5 Å². The van der Waals surface area contributed by atoms with E-state index >= 15 is 0 Å². The molecule has 1 aromatic heterocycles. The Morgan fingerprint density at radius 2 is 1.51 bits per heavy atom. The second-order valence-electron chi connectivity index (χ2n) is 10.7. The highest BCUT2D eigenvalue weighted by molar-refractivity contribution is 7.07. The molecule has 1 N–H and O–H groups in total. The topological polar surface area (TPSA) is 60.7 Å². The van der Waals surface area contributed by atoms with Gasteiger partial charge in [0.15, 0.2) is 30.3 Å². The molecule has 41 heavy (non-hydrogen) atoms. The van der Waals surface area contributed by atoms with E-state index in [0.29, 0.717) is 23.9 Å². The first-order valence-corrected chi connectivity index (χ1v) is 16.3. The lowest BCUT2D eigenvalue weighted by molar-refractivity contribution is -0.689. The van der Waals surface area contributed by atoms with E-state index < -0.39 is 0 Å². The van der Waals surface area contributed by atoms with Gasteiger partial charge in [-0.1, -0.05) is 107 Å². The number of carbonyl (C=O) groups is 1. The Labute approximate surface area is 251 Å². The van der Waals surface area contributed by atoms with Crippen molar-refractivity contribution in [3.63, 3.8) is 0 Å². The fourth-order valence-corrected chi connectivity index (χ4v) is 5.61. The van der Waals surface area contributed by atoms with Crippen LogP contribution in [0.5, 0.6) is 17.2 Å². The summed E-state index contributed by atoms with van der Waals surface area (Å²) >= 11 is 1.68. The minimum atomic E-state index is -0.226. The number of aryl methyl sites for hydroxylation is 1. The van der Waals surface area contributed by atoms with Crippen molar-refractivity contribution >= 4 is 22.9 Å². The highest BCUT2D eigenvalue weighted by Crippen LogP contribution is 2.37. The van der Waals surface area contributed by atoms with Crippen LogP contribution in [0.15, 0.2) is 53.4 Å². The number of ether oxygens (including phenoxy) is 3. The third-order valence-corrected chi connectivity index (χ3v) is 8.06. The molecule has 2 aromatic carbocycles. The quantitative estimate of drug-likeness (QED) is 0.101. The van der Waals surface area contributed by atoms with Gasteiger partial charge in [0.1, 0.15) is 0 Å². The zero-order valence-corrected chi connectivity index (χ0v) is 26.1. The lowest BCUT2D eigenvalue weighted by Gasteiger charge is -2.15. The number of anilines is 1. The molecule has 3 aromatic rings. The third-order valence-electron chi connectivity index (χ3n) is 7.21. The summed E-state index contributed by atoms with van der Waals surface area (Å²) in [7, 11) is 1.62. The van der Waals surface area contributed by atoms with Crippen LogP contribution in [0.25, 0.3) is 0 Å². The van der Waals surface area contributed by atoms with Crippen LogP contribution < -0.4 is 24.1 Å². The van der Waals surface area contributed by atoms with E-state index in [1.54, 1.807) is 18.4 Å². The molecule has 1 heterocycles.